The molecule has 1 aromatic carbocycles. The second-order valence-electron chi connectivity index (χ2n) is 6.84. The zero-order valence-electron chi connectivity index (χ0n) is 15.6. The van der Waals surface area contributed by atoms with Crippen LogP contribution in [0.1, 0.15) is 0 Å². The first-order valence-electron chi connectivity index (χ1n) is 9.19. The monoisotopic (exact) mass is 455 g/mol. The van der Waals surface area contributed by atoms with Crippen LogP contribution >= 0.6 is 15.9 Å². The Morgan fingerprint density at radius 1 is 1.28 bits per heavy atom. The van der Waals surface area contributed by atoms with Gasteiger partial charge in [0.15, 0.2) is 11.5 Å². The SMILES string of the molecule is Cn1cc(-c2nc3c4cccc(Br)c4nc(N[C@@H]4CNCCNC4=O)n3n2)cn1. The molecule has 11 heteroatoms. The van der Waals surface area contributed by atoms with Gasteiger partial charge in [-0.3, -0.25) is 9.48 Å². The molecule has 0 unspecified atom stereocenters. The molecule has 1 atom stereocenters. The van der Waals surface area contributed by atoms with Gasteiger partial charge in [0.25, 0.3) is 0 Å². The van der Waals surface area contributed by atoms with Crippen LogP contribution in [0.2, 0.25) is 0 Å². The predicted octanol–water partition coefficient (Wildman–Crippen LogP) is 0.940. The minimum absolute atomic E-state index is 0.0789. The van der Waals surface area contributed by atoms with Crippen LogP contribution in [0.15, 0.2) is 35.1 Å². The van der Waals surface area contributed by atoms with Crippen LogP contribution in [0.5, 0.6) is 0 Å². The Hall–Kier alpha value is -3.05. The van der Waals surface area contributed by atoms with Crippen molar-refractivity contribution in [3.63, 3.8) is 0 Å². The van der Waals surface area contributed by atoms with E-state index in [4.69, 9.17) is 9.97 Å². The van der Waals surface area contributed by atoms with Crippen LogP contribution in [0.3, 0.4) is 0 Å². The number of benzene rings is 1. The molecule has 1 fully saturated rings. The molecular weight excluding hydrogens is 438 g/mol. The highest BCUT2D eigenvalue weighted by Gasteiger charge is 2.24. The fourth-order valence-electron chi connectivity index (χ4n) is 3.36. The fraction of sp³-hybridized carbons (Fsp3) is 0.278. The van der Waals surface area contributed by atoms with E-state index in [1.165, 1.54) is 0 Å². The maximum Gasteiger partial charge on any atom is 0.243 e. The minimum atomic E-state index is -0.473. The molecule has 148 valence electrons. The molecule has 3 N–H and O–H groups in total. The van der Waals surface area contributed by atoms with E-state index in [-0.39, 0.29) is 5.91 Å². The number of hydrogen-bond acceptors (Lipinski definition) is 7. The summed E-state index contributed by atoms with van der Waals surface area (Å²) in [5.41, 5.74) is 2.20. The highest BCUT2D eigenvalue weighted by Crippen LogP contribution is 2.28. The first-order valence-corrected chi connectivity index (χ1v) is 9.98. The van der Waals surface area contributed by atoms with Gasteiger partial charge in [0.05, 0.1) is 17.3 Å². The lowest BCUT2D eigenvalue weighted by Gasteiger charge is -2.17. The Kier molecular flexibility index (Phi) is 4.40. The van der Waals surface area contributed by atoms with Crippen molar-refractivity contribution < 1.29 is 4.79 Å². The van der Waals surface area contributed by atoms with Gasteiger partial charge in [-0.15, -0.1) is 5.10 Å². The molecule has 3 aromatic heterocycles. The Morgan fingerprint density at radius 3 is 3.00 bits per heavy atom. The molecule has 1 amide bonds. The van der Waals surface area contributed by atoms with E-state index in [1.807, 2.05) is 31.4 Å². The second kappa shape index (κ2) is 7.08. The molecule has 0 radical (unpaired) electrons. The smallest absolute Gasteiger partial charge is 0.243 e. The highest BCUT2D eigenvalue weighted by molar-refractivity contribution is 9.10. The molecule has 1 aliphatic heterocycles. The molecule has 29 heavy (non-hydrogen) atoms. The largest absolute Gasteiger partial charge is 0.353 e. The van der Waals surface area contributed by atoms with Gasteiger partial charge in [-0.25, -0.2) is 9.97 Å². The van der Waals surface area contributed by atoms with Crippen molar-refractivity contribution in [3.8, 4) is 11.4 Å². The number of halogens is 1. The van der Waals surface area contributed by atoms with Crippen molar-refractivity contribution in [1.82, 2.24) is 40.0 Å². The number of amides is 1. The summed E-state index contributed by atoms with van der Waals surface area (Å²) < 4.78 is 4.19. The first kappa shape index (κ1) is 18.0. The Balaban J connectivity index is 1.69. The zero-order valence-corrected chi connectivity index (χ0v) is 17.1. The van der Waals surface area contributed by atoms with Crippen LogP contribution in [0.25, 0.3) is 27.9 Å². The van der Waals surface area contributed by atoms with E-state index in [2.05, 4.69) is 42.1 Å². The third-order valence-electron chi connectivity index (χ3n) is 4.79. The molecule has 10 nitrogen and oxygen atoms in total. The van der Waals surface area contributed by atoms with Crippen LogP contribution in [0, 0.1) is 0 Å². The molecule has 4 heterocycles. The van der Waals surface area contributed by atoms with Gasteiger partial charge < -0.3 is 16.0 Å². The van der Waals surface area contributed by atoms with Crippen molar-refractivity contribution in [2.24, 2.45) is 7.05 Å². The average Bonchev–Trinajstić information content (AvgIpc) is 3.29. The van der Waals surface area contributed by atoms with Gasteiger partial charge in [0.1, 0.15) is 6.04 Å². The zero-order chi connectivity index (χ0) is 20.0. The number of hydrogen-bond donors (Lipinski definition) is 3. The number of aromatic nitrogens is 6. The Morgan fingerprint density at radius 2 is 2.17 bits per heavy atom. The summed E-state index contributed by atoms with van der Waals surface area (Å²) in [4.78, 5) is 21.9. The first-order chi connectivity index (χ1) is 14.1. The Labute approximate surface area is 173 Å². The number of rotatable bonds is 3. The highest BCUT2D eigenvalue weighted by atomic mass is 79.9. The van der Waals surface area contributed by atoms with Crippen molar-refractivity contribution in [2.45, 2.75) is 6.04 Å². The number of carbonyl (C=O) groups is 1. The molecule has 0 saturated carbocycles. The molecular formula is C18H18BrN9O. The van der Waals surface area contributed by atoms with Gasteiger partial charge in [0.2, 0.25) is 11.9 Å². The third kappa shape index (κ3) is 3.21. The van der Waals surface area contributed by atoms with Gasteiger partial charge in [-0.05, 0) is 28.1 Å². The molecule has 0 spiro atoms. The van der Waals surface area contributed by atoms with Gasteiger partial charge >= 0.3 is 0 Å². The second-order valence-corrected chi connectivity index (χ2v) is 7.69. The summed E-state index contributed by atoms with van der Waals surface area (Å²) in [6.45, 7) is 1.81. The molecule has 0 bridgehead atoms. The van der Waals surface area contributed by atoms with Crippen LogP contribution < -0.4 is 16.0 Å². The van der Waals surface area contributed by atoms with Gasteiger partial charge in [-0.1, -0.05) is 6.07 Å². The van der Waals surface area contributed by atoms with Crippen molar-refractivity contribution >= 4 is 44.3 Å². The summed E-state index contributed by atoms with van der Waals surface area (Å²) in [5, 5.41) is 19.1. The number of para-hydroxylation sites is 1. The number of nitrogens with zero attached hydrogens (tertiary/aromatic N) is 6. The maximum absolute atomic E-state index is 12.4. The number of aryl methyl sites for hydroxylation is 1. The quantitative estimate of drug-likeness (QED) is 0.421. The summed E-state index contributed by atoms with van der Waals surface area (Å²) >= 11 is 3.57. The van der Waals surface area contributed by atoms with E-state index >= 15 is 0 Å². The van der Waals surface area contributed by atoms with E-state index in [0.29, 0.717) is 30.5 Å². The van der Waals surface area contributed by atoms with E-state index < -0.39 is 6.04 Å². The van der Waals surface area contributed by atoms with E-state index in [9.17, 15) is 4.79 Å². The number of anilines is 1. The van der Waals surface area contributed by atoms with Crippen LogP contribution in [-0.2, 0) is 11.8 Å². The summed E-state index contributed by atoms with van der Waals surface area (Å²) in [7, 11) is 1.85. The molecule has 1 aliphatic rings. The fourth-order valence-corrected chi connectivity index (χ4v) is 3.81. The lowest BCUT2D eigenvalue weighted by atomic mass is 10.2. The topological polar surface area (TPSA) is 114 Å². The van der Waals surface area contributed by atoms with Crippen LogP contribution in [0.4, 0.5) is 5.95 Å². The van der Waals surface area contributed by atoms with Crippen LogP contribution in [-0.4, -0.2) is 60.9 Å². The van der Waals surface area contributed by atoms with E-state index in [1.54, 1.807) is 15.4 Å². The number of fused-ring (bicyclic) bond motifs is 3. The average molecular weight is 456 g/mol. The minimum Gasteiger partial charge on any atom is -0.353 e. The lowest BCUT2D eigenvalue weighted by Crippen LogP contribution is -2.42. The summed E-state index contributed by atoms with van der Waals surface area (Å²) in [6, 6.07) is 5.34. The summed E-state index contributed by atoms with van der Waals surface area (Å²) in [5.74, 6) is 0.912. The van der Waals surface area contributed by atoms with Crippen molar-refractivity contribution in [1.29, 1.82) is 0 Å². The third-order valence-corrected chi connectivity index (χ3v) is 5.43. The maximum atomic E-state index is 12.4. The standard InChI is InChI=1S/C18H18BrN9O/c1-27-9-10(7-22-27)15-25-16-11-3-2-4-12(19)14(11)24-18(28(16)26-15)23-13-8-20-5-6-21-17(13)29/h2-4,7,9,13,20H,5-6,8H2,1H3,(H,21,29)(H,23,24)/t13-/m1/s1. The molecule has 1 saturated heterocycles. The lowest BCUT2D eigenvalue weighted by molar-refractivity contribution is -0.121. The van der Waals surface area contributed by atoms with Crippen molar-refractivity contribution in [2.75, 3.05) is 25.0 Å². The molecule has 5 rings (SSSR count). The molecule has 0 aliphatic carbocycles. The summed E-state index contributed by atoms with van der Waals surface area (Å²) in [6.07, 6.45) is 3.58. The number of nitrogens with one attached hydrogen (secondary N) is 3. The van der Waals surface area contributed by atoms with E-state index in [0.717, 1.165) is 27.5 Å². The number of carbonyl (C=O) groups excluding carboxylic acids is 1. The van der Waals surface area contributed by atoms with Crippen molar-refractivity contribution in [3.05, 3.63) is 35.1 Å². The predicted molar refractivity (Wildman–Crippen MR) is 111 cm³/mol. The van der Waals surface area contributed by atoms with Gasteiger partial charge in [0, 0.05) is 42.7 Å². The van der Waals surface area contributed by atoms with Gasteiger partial charge in [-0.2, -0.15) is 9.61 Å². The normalized spacial score (nSPS) is 17.4. The molecule has 4 aromatic rings. The Bertz CT molecular complexity index is 1230.